The van der Waals surface area contributed by atoms with Crippen molar-refractivity contribution in [1.29, 1.82) is 0 Å². The van der Waals surface area contributed by atoms with E-state index in [2.05, 4.69) is 4.98 Å². The average Bonchev–Trinajstić information content (AvgIpc) is 2.26. The first-order valence-corrected chi connectivity index (χ1v) is 6.32. The molecule has 0 spiro atoms. The maximum atomic E-state index is 11.2. The topological polar surface area (TPSA) is 67.3 Å². The van der Waals surface area contributed by atoms with Crippen molar-refractivity contribution in [2.75, 3.05) is 0 Å². The third kappa shape index (κ3) is 1.91. The van der Waals surface area contributed by atoms with E-state index in [-0.39, 0.29) is 4.90 Å². The molecule has 0 bridgehead atoms. The van der Waals surface area contributed by atoms with Crippen LogP contribution >= 0.6 is 0 Å². The Morgan fingerprint density at radius 3 is 2.62 bits per heavy atom. The van der Waals surface area contributed by atoms with Gasteiger partial charge in [0.1, 0.15) is 4.90 Å². The van der Waals surface area contributed by atoms with Gasteiger partial charge in [-0.3, -0.25) is 9.54 Å². The van der Waals surface area contributed by atoms with Gasteiger partial charge in [0.05, 0.1) is 5.52 Å². The molecule has 1 aromatic heterocycles. The zero-order chi connectivity index (χ0) is 11.8. The van der Waals surface area contributed by atoms with Crippen LogP contribution < -0.4 is 0 Å². The first kappa shape index (κ1) is 11.0. The summed E-state index contributed by atoms with van der Waals surface area (Å²) in [6.07, 6.45) is 0.718. The summed E-state index contributed by atoms with van der Waals surface area (Å²) in [5.74, 6) is 0. The molecule has 0 fully saturated rings. The molecule has 0 unspecified atom stereocenters. The van der Waals surface area contributed by atoms with Crippen molar-refractivity contribution in [3.63, 3.8) is 0 Å². The largest absolute Gasteiger partial charge is 0.296 e. The van der Waals surface area contributed by atoms with E-state index < -0.39 is 10.1 Å². The Hall–Kier alpha value is -1.46. The number of nitrogens with zero attached hydrogens (tertiary/aromatic N) is 1. The number of benzene rings is 1. The number of aryl methyl sites for hydroxylation is 1. The second-order valence-electron chi connectivity index (χ2n) is 3.46. The van der Waals surface area contributed by atoms with Crippen LogP contribution in [-0.4, -0.2) is 18.0 Å². The second kappa shape index (κ2) is 3.84. The highest BCUT2D eigenvalue weighted by molar-refractivity contribution is 7.86. The molecule has 5 heteroatoms. The summed E-state index contributed by atoms with van der Waals surface area (Å²) in [5.41, 5.74) is 1.12. The summed E-state index contributed by atoms with van der Waals surface area (Å²) in [5, 5.41) is 0.701. The molecule has 0 aliphatic carbocycles. The molecule has 0 saturated carbocycles. The highest BCUT2D eigenvalue weighted by Gasteiger charge is 2.14. The van der Waals surface area contributed by atoms with Gasteiger partial charge in [-0.25, -0.2) is 0 Å². The van der Waals surface area contributed by atoms with Gasteiger partial charge in [-0.15, -0.1) is 0 Å². The van der Waals surface area contributed by atoms with Crippen LogP contribution in [0.4, 0.5) is 0 Å². The predicted octanol–water partition coefficient (Wildman–Crippen LogP) is 2.04. The molecular formula is C11H11NO3S. The quantitative estimate of drug-likeness (QED) is 0.812. The van der Waals surface area contributed by atoms with Crippen LogP contribution in [-0.2, 0) is 16.5 Å². The van der Waals surface area contributed by atoms with Crippen LogP contribution in [0.15, 0.2) is 35.2 Å². The van der Waals surface area contributed by atoms with Crippen LogP contribution in [0.1, 0.15) is 12.6 Å². The maximum absolute atomic E-state index is 11.2. The van der Waals surface area contributed by atoms with E-state index in [0.717, 1.165) is 12.1 Å². The summed E-state index contributed by atoms with van der Waals surface area (Å²) in [7, 11) is -4.22. The average molecular weight is 237 g/mol. The van der Waals surface area contributed by atoms with Gasteiger partial charge in [0.25, 0.3) is 10.1 Å². The molecule has 0 amide bonds. The normalized spacial score (nSPS) is 11.9. The Morgan fingerprint density at radius 1 is 1.25 bits per heavy atom. The molecule has 0 saturated heterocycles. The third-order valence-electron chi connectivity index (χ3n) is 2.38. The molecule has 2 aromatic rings. The van der Waals surface area contributed by atoms with Gasteiger partial charge in [0.2, 0.25) is 0 Å². The fourth-order valence-corrected chi connectivity index (χ4v) is 2.22. The molecule has 84 valence electrons. The van der Waals surface area contributed by atoms with Gasteiger partial charge in [-0.2, -0.15) is 8.42 Å². The van der Waals surface area contributed by atoms with E-state index in [1.165, 1.54) is 6.07 Å². The molecule has 0 aliphatic heterocycles. The lowest BCUT2D eigenvalue weighted by Gasteiger charge is -2.04. The van der Waals surface area contributed by atoms with Crippen LogP contribution in [0.3, 0.4) is 0 Å². The van der Waals surface area contributed by atoms with Crippen LogP contribution in [0.5, 0.6) is 0 Å². The molecule has 0 radical (unpaired) electrons. The fourth-order valence-electron chi connectivity index (χ4n) is 1.57. The molecule has 0 atom stereocenters. The van der Waals surface area contributed by atoms with Crippen molar-refractivity contribution < 1.29 is 13.0 Å². The van der Waals surface area contributed by atoms with Crippen molar-refractivity contribution in [3.8, 4) is 0 Å². The maximum Gasteiger partial charge on any atom is 0.296 e. The van der Waals surface area contributed by atoms with Gasteiger partial charge in [-0.05, 0) is 18.6 Å². The molecule has 1 aromatic carbocycles. The SMILES string of the molecule is CCc1ccc2cccc(S(=O)(=O)O)c2n1. The lowest BCUT2D eigenvalue weighted by atomic mass is 10.2. The number of hydrogen-bond acceptors (Lipinski definition) is 3. The molecule has 4 nitrogen and oxygen atoms in total. The minimum absolute atomic E-state index is 0.139. The van der Waals surface area contributed by atoms with Crippen molar-refractivity contribution >= 4 is 21.0 Å². The van der Waals surface area contributed by atoms with Gasteiger partial charge < -0.3 is 0 Å². The van der Waals surface area contributed by atoms with Crippen molar-refractivity contribution in [1.82, 2.24) is 4.98 Å². The highest BCUT2D eigenvalue weighted by atomic mass is 32.2. The van der Waals surface area contributed by atoms with E-state index >= 15 is 0 Å². The fraction of sp³-hybridized carbons (Fsp3) is 0.182. The Kier molecular flexibility index (Phi) is 2.65. The Bertz CT molecular complexity index is 635. The van der Waals surface area contributed by atoms with Crippen molar-refractivity contribution in [3.05, 3.63) is 36.0 Å². The number of fused-ring (bicyclic) bond motifs is 1. The first-order chi connectivity index (χ1) is 7.52. The summed E-state index contributed by atoms with van der Waals surface area (Å²) >= 11 is 0. The summed E-state index contributed by atoms with van der Waals surface area (Å²) in [6, 6.07) is 8.34. The van der Waals surface area contributed by atoms with Crippen LogP contribution in [0.25, 0.3) is 10.9 Å². The van der Waals surface area contributed by atoms with Gasteiger partial charge in [0.15, 0.2) is 0 Å². The molecule has 1 N–H and O–H groups in total. The molecule has 0 aliphatic rings. The van der Waals surface area contributed by atoms with Crippen LogP contribution in [0.2, 0.25) is 0 Å². The summed E-state index contributed by atoms with van der Waals surface area (Å²) < 4.78 is 31.4. The van der Waals surface area contributed by atoms with Gasteiger partial charge >= 0.3 is 0 Å². The standard InChI is InChI=1S/C11H11NO3S/c1-2-9-7-6-8-4-3-5-10(11(8)12-9)16(13,14)15/h3-7H,2H2,1H3,(H,13,14,15). The molecule has 1 heterocycles. The predicted molar refractivity (Wildman–Crippen MR) is 60.9 cm³/mol. The first-order valence-electron chi connectivity index (χ1n) is 4.88. The number of pyridine rings is 1. The number of rotatable bonds is 2. The lowest BCUT2D eigenvalue weighted by molar-refractivity contribution is 0.484. The molecule has 16 heavy (non-hydrogen) atoms. The summed E-state index contributed by atoms with van der Waals surface area (Å²) in [4.78, 5) is 4.08. The lowest BCUT2D eigenvalue weighted by Crippen LogP contribution is -2.01. The Morgan fingerprint density at radius 2 is 2.00 bits per heavy atom. The van der Waals surface area contributed by atoms with Gasteiger partial charge in [0, 0.05) is 11.1 Å². The van der Waals surface area contributed by atoms with E-state index in [4.69, 9.17) is 4.55 Å². The Labute approximate surface area is 93.7 Å². The molecule has 2 rings (SSSR count). The zero-order valence-electron chi connectivity index (χ0n) is 8.71. The summed E-state index contributed by atoms with van der Waals surface area (Å²) in [6.45, 7) is 1.93. The zero-order valence-corrected chi connectivity index (χ0v) is 9.53. The Balaban J connectivity index is 2.85. The number of para-hydroxylation sites is 1. The highest BCUT2D eigenvalue weighted by Crippen LogP contribution is 2.21. The van der Waals surface area contributed by atoms with E-state index in [0.29, 0.717) is 10.9 Å². The van der Waals surface area contributed by atoms with Gasteiger partial charge in [-0.1, -0.05) is 25.1 Å². The monoisotopic (exact) mass is 237 g/mol. The van der Waals surface area contributed by atoms with Crippen molar-refractivity contribution in [2.45, 2.75) is 18.2 Å². The van der Waals surface area contributed by atoms with E-state index in [1.807, 2.05) is 13.0 Å². The molecular weight excluding hydrogens is 226 g/mol. The van der Waals surface area contributed by atoms with E-state index in [1.54, 1.807) is 18.2 Å². The third-order valence-corrected chi connectivity index (χ3v) is 3.27. The number of hydrogen-bond donors (Lipinski definition) is 1. The van der Waals surface area contributed by atoms with Crippen molar-refractivity contribution in [2.24, 2.45) is 0 Å². The minimum Gasteiger partial charge on any atom is -0.282 e. The second-order valence-corrected chi connectivity index (χ2v) is 4.85. The van der Waals surface area contributed by atoms with Crippen LogP contribution in [0, 0.1) is 0 Å². The number of aromatic nitrogens is 1. The minimum atomic E-state index is -4.22. The van der Waals surface area contributed by atoms with E-state index in [9.17, 15) is 8.42 Å². The smallest absolute Gasteiger partial charge is 0.282 e.